The van der Waals surface area contributed by atoms with Crippen molar-refractivity contribution in [3.05, 3.63) is 66.0 Å². The minimum atomic E-state index is -0.766. The molecular weight excluding hydrogens is 391 g/mol. The summed E-state index contributed by atoms with van der Waals surface area (Å²) in [7, 11) is 0. The maximum atomic E-state index is 14.5. The Hall–Kier alpha value is -3.20. The number of amidine groups is 1. The highest BCUT2D eigenvalue weighted by Gasteiger charge is 2.32. The summed E-state index contributed by atoms with van der Waals surface area (Å²) in [4.78, 5) is 28.5. The molecule has 7 nitrogen and oxygen atoms in total. The topological polar surface area (TPSA) is 109 Å². The van der Waals surface area contributed by atoms with Crippen LogP contribution < -0.4 is 11.1 Å². The molecule has 0 saturated carbocycles. The third-order valence-electron chi connectivity index (χ3n) is 4.76. The Labute approximate surface area is 171 Å². The predicted molar refractivity (Wildman–Crippen MR) is 112 cm³/mol. The Kier molecular flexibility index (Phi) is 5.06. The first-order chi connectivity index (χ1) is 13.9. The number of nitrogens with one attached hydrogen (secondary N) is 2. The van der Waals surface area contributed by atoms with Crippen LogP contribution >= 0.6 is 11.8 Å². The standard InChI is InChI=1S/C20H19FN6OS/c1-20(6-8-29-19(22)27-20)13-9-12(4-5-14(13)21)26-18(28)17-11-24-16(10-25-17)15-3-2-7-23-15/h2-5,7,9-11,23H,6,8H2,1H3,(H2,22,27)(H,26,28)/t20-/m0/s1. The molecule has 1 aliphatic heterocycles. The quantitative estimate of drug-likeness (QED) is 0.610. The van der Waals surface area contributed by atoms with Crippen molar-refractivity contribution in [1.82, 2.24) is 15.0 Å². The van der Waals surface area contributed by atoms with Crippen molar-refractivity contribution in [3.8, 4) is 11.4 Å². The Morgan fingerprint density at radius 2 is 2.17 bits per heavy atom. The fraction of sp³-hybridized carbons (Fsp3) is 0.200. The van der Waals surface area contributed by atoms with Gasteiger partial charge >= 0.3 is 0 Å². The van der Waals surface area contributed by atoms with E-state index in [1.54, 1.807) is 12.3 Å². The highest BCUT2D eigenvalue weighted by molar-refractivity contribution is 8.13. The molecule has 0 aliphatic carbocycles. The Morgan fingerprint density at radius 3 is 2.86 bits per heavy atom. The van der Waals surface area contributed by atoms with Crippen molar-refractivity contribution in [2.75, 3.05) is 11.1 Å². The van der Waals surface area contributed by atoms with Crippen molar-refractivity contribution >= 4 is 28.5 Å². The summed E-state index contributed by atoms with van der Waals surface area (Å²) < 4.78 is 14.5. The number of hydrogen-bond donors (Lipinski definition) is 3. The van der Waals surface area contributed by atoms with Gasteiger partial charge in [0.25, 0.3) is 5.91 Å². The van der Waals surface area contributed by atoms with E-state index in [-0.39, 0.29) is 11.5 Å². The van der Waals surface area contributed by atoms with Crippen LogP contribution in [0.25, 0.3) is 11.4 Å². The van der Waals surface area contributed by atoms with Gasteiger partial charge in [0.15, 0.2) is 5.17 Å². The number of benzene rings is 1. The molecule has 0 unspecified atom stereocenters. The van der Waals surface area contributed by atoms with Gasteiger partial charge < -0.3 is 16.0 Å². The molecule has 29 heavy (non-hydrogen) atoms. The second-order valence-electron chi connectivity index (χ2n) is 6.84. The molecule has 0 bridgehead atoms. The lowest BCUT2D eigenvalue weighted by Gasteiger charge is -2.30. The van der Waals surface area contributed by atoms with E-state index in [0.717, 1.165) is 11.4 Å². The molecule has 148 valence electrons. The smallest absolute Gasteiger partial charge is 0.275 e. The molecule has 1 amide bonds. The van der Waals surface area contributed by atoms with Crippen molar-refractivity contribution in [2.24, 2.45) is 10.7 Å². The average Bonchev–Trinajstić information content (AvgIpc) is 3.24. The molecule has 1 aliphatic rings. The van der Waals surface area contributed by atoms with E-state index in [2.05, 4.69) is 25.3 Å². The van der Waals surface area contributed by atoms with Crippen LogP contribution in [0.5, 0.6) is 0 Å². The molecule has 2 aromatic heterocycles. The van der Waals surface area contributed by atoms with Gasteiger partial charge in [0.05, 0.1) is 23.6 Å². The third kappa shape index (κ3) is 4.00. The third-order valence-corrected chi connectivity index (χ3v) is 5.55. The zero-order chi connectivity index (χ0) is 20.4. The number of aromatic nitrogens is 3. The summed E-state index contributed by atoms with van der Waals surface area (Å²) in [6.07, 6.45) is 5.36. The first kappa shape index (κ1) is 19.1. The number of aromatic amines is 1. The number of thioether (sulfide) groups is 1. The number of carbonyl (C=O) groups excluding carboxylic acids is 1. The second-order valence-corrected chi connectivity index (χ2v) is 7.96. The second kappa shape index (κ2) is 7.67. The fourth-order valence-electron chi connectivity index (χ4n) is 3.17. The van der Waals surface area contributed by atoms with Gasteiger partial charge in [0.1, 0.15) is 17.2 Å². The summed E-state index contributed by atoms with van der Waals surface area (Å²) in [6.45, 7) is 1.84. The van der Waals surface area contributed by atoms with Gasteiger partial charge in [-0.1, -0.05) is 11.8 Å². The number of nitrogens with two attached hydrogens (primary N) is 1. The number of carbonyl (C=O) groups is 1. The summed E-state index contributed by atoms with van der Waals surface area (Å²) >= 11 is 1.45. The van der Waals surface area contributed by atoms with E-state index in [9.17, 15) is 9.18 Å². The molecule has 1 atom stereocenters. The maximum Gasteiger partial charge on any atom is 0.275 e. The van der Waals surface area contributed by atoms with Gasteiger partial charge in [0, 0.05) is 23.2 Å². The molecule has 3 aromatic rings. The van der Waals surface area contributed by atoms with E-state index >= 15 is 0 Å². The van der Waals surface area contributed by atoms with E-state index in [0.29, 0.717) is 28.5 Å². The van der Waals surface area contributed by atoms with Gasteiger partial charge in [-0.15, -0.1) is 0 Å². The highest BCUT2D eigenvalue weighted by atomic mass is 32.2. The summed E-state index contributed by atoms with van der Waals surface area (Å²) in [6, 6.07) is 8.15. The predicted octanol–water partition coefficient (Wildman–Crippen LogP) is 3.53. The monoisotopic (exact) mass is 410 g/mol. The number of H-pyrrole nitrogens is 1. The molecule has 9 heteroatoms. The summed E-state index contributed by atoms with van der Waals surface area (Å²) in [5.74, 6) is -0.0607. The minimum Gasteiger partial charge on any atom is -0.379 e. The van der Waals surface area contributed by atoms with Crippen molar-refractivity contribution in [1.29, 1.82) is 0 Å². The van der Waals surface area contributed by atoms with Crippen molar-refractivity contribution < 1.29 is 9.18 Å². The molecule has 1 aromatic carbocycles. The van der Waals surface area contributed by atoms with Crippen LogP contribution in [-0.2, 0) is 5.54 Å². The van der Waals surface area contributed by atoms with E-state index in [4.69, 9.17) is 5.73 Å². The number of aliphatic imine (C=N–C) groups is 1. The molecular formula is C20H19FN6OS. The van der Waals surface area contributed by atoms with Crippen LogP contribution in [0.1, 0.15) is 29.4 Å². The zero-order valence-electron chi connectivity index (χ0n) is 15.6. The van der Waals surface area contributed by atoms with Gasteiger partial charge in [0.2, 0.25) is 0 Å². The Bertz CT molecular complexity index is 1070. The van der Waals surface area contributed by atoms with Crippen molar-refractivity contribution in [2.45, 2.75) is 18.9 Å². The number of nitrogens with zero attached hydrogens (tertiary/aromatic N) is 3. The number of rotatable bonds is 4. The number of amides is 1. The number of halogens is 1. The van der Waals surface area contributed by atoms with E-state index in [1.165, 1.54) is 36.3 Å². The number of hydrogen-bond acceptors (Lipinski definition) is 6. The van der Waals surface area contributed by atoms with Crippen LogP contribution in [-0.4, -0.2) is 31.8 Å². The van der Waals surface area contributed by atoms with Crippen molar-refractivity contribution in [3.63, 3.8) is 0 Å². The normalized spacial score (nSPS) is 18.9. The van der Waals surface area contributed by atoms with E-state index < -0.39 is 11.4 Å². The first-order valence-electron chi connectivity index (χ1n) is 9.00. The lowest BCUT2D eigenvalue weighted by Crippen LogP contribution is -2.29. The van der Waals surface area contributed by atoms with Crippen LogP contribution in [0.15, 0.2) is 53.9 Å². The Balaban J connectivity index is 1.55. The van der Waals surface area contributed by atoms with Crippen LogP contribution in [0.2, 0.25) is 0 Å². The zero-order valence-corrected chi connectivity index (χ0v) is 16.5. The Morgan fingerprint density at radius 1 is 1.31 bits per heavy atom. The fourth-order valence-corrected chi connectivity index (χ4v) is 4.14. The number of anilines is 1. The van der Waals surface area contributed by atoms with Crippen LogP contribution in [0, 0.1) is 5.82 Å². The molecule has 3 heterocycles. The molecule has 4 rings (SSSR count). The molecule has 4 N–H and O–H groups in total. The molecule has 0 radical (unpaired) electrons. The SMILES string of the molecule is C[C@@]1(c2cc(NC(=O)c3cnc(-c4ccc[nH]4)cn3)ccc2F)CCSC(N)=N1. The molecule has 0 spiro atoms. The lowest BCUT2D eigenvalue weighted by molar-refractivity contribution is 0.102. The minimum absolute atomic E-state index is 0.161. The van der Waals surface area contributed by atoms with Gasteiger partial charge in [-0.25, -0.2) is 9.37 Å². The van der Waals surface area contributed by atoms with Gasteiger partial charge in [-0.05, 0) is 43.7 Å². The first-order valence-corrected chi connectivity index (χ1v) is 9.98. The highest BCUT2D eigenvalue weighted by Crippen LogP contribution is 2.37. The average molecular weight is 410 g/mol. The molecule has 0 saturated heterocycles. The van der Waals surface area contributed by atoms with Crippen LogP contribution in [0.4, 0.5) is 10.1 Å². The largest absolute Gasteiger partial charge is 0.379 e. The maximum absolute atomic E-state index is 14.5. The summed E-state index contributed by atoms with van der Waals surface area (Å²) in [5.41, 5.74) is 7.53. The van der Waals surface area contributed by atoms with Crippen LogP contribution in [0.3, 0.4) is 0 Å². The van der Waals surface area contributed by atoms with Gasteiger partial charge in [-0.3, -0.25) is 14.8 Å². The van der Waals surface area contributed by atoms with Gasteiger partial charge in [-0.2, -0.15) is 0 Å². The molecule has 0 fully saturated rings. The lowest BCUT2D eigenvalue weighted by atomic mass is 9.89. The van der Waals surface area contributed by atoms with E-state index in [1.807, 2.05) is 19.1 Å². The summed E-state index contributed by atoms with van der Waals surface area (Å²) in [5, 5.41) is 3.18.